The van der Waals surface area contributed by atoms with Crippen molar-refractivity contribution in [3.63, 3.8) is 0 Å². The fourth-order valence-electron chi connectivity index (χ4n) is 4.27. The van der Waals surface area contributed by atoms with E-state index in [2.05, 4.69) is 49.8 Å². The van der Waals surface area contributed by atoms with Gasteiger partial charge in [-0.05, 0) is 48.4 Å². The van der Waals surface area contributed by atoms with Crippen molar-refractivity contribution >= 4 is 5.96 Å². The Hall–Kier alpha value is -2.64. The van der Waals surface area contributed by atoms with Crippen LogP contribution in [0, 0.1) is 0 Å². The second-order valence-electron chi connectivity index (χ2n) is 8.46. The summed E-state index contributed by atoms with van der Waals surface area (Å²) in [6, 6.07) is 12.6. The Bertz CT molecular complexity index is 876. The van der Waals surface area contributed by atoms with E-state index in [1.54, 1.807) is 7.05 Å². The number of rotatable bonds is 8. The van der Waals surface area contributed by atoms with Gasteiger partial charge in [-0.25, -0.2) is 4.98 Å². The lowest BCUT2D eigenvalue weighted by atomic mass is 10.1. The SMILES string of the molecule is CN=C(NCc1ccnc(OC2CCCC2)c1)NCc1ccccc1CN1CCOCC1. The molecule has 2 fully saturated rings. The lowest BCUT2D eigenvalue weighted by Crippen LogP contribution is -2.37. The summed E-state index contributed by atoms with van der Waals surface area (Å²) in [5.41, 5.74) is 3.77. The van der Waals surface area contributed by atoms with Crippen LogP contribution in [0.25, 0.3) is 0 Å². The molecule has 1 aromatic heterocycles. The molecule has 1 aliphatic heterocycles. The Morgan fingerprint density at radius 1 is 1.09 bits per heavy atom. The van der Waals surface area contributed by atoms with Crippen LogP contribution < -0.4 is 15.4 Å². The van der Waals surface area contributed by atoms with Crippen LogP contribution in [0.3, 0.4) is 0 Å². The van der Waals surface area contributed by atoms with Crippen molar-refractivity contribution in [1.29, 1.82) is 0 Å². The van der Waals surface area contributed by atoms with Crippen LogP contribution in [0.5, 0.6) is 5.88 Å². The zero-order valence-corrected chi connectivity index (χ0v) is 19.1. The van der Waals surface area contributed by atoms with E-state index in [0.717, 1.165) is 69.6 Å². The van der Waals surface area contributed by atoms with Gasteiger partial charge in [-0.3, -0.25) is 9.89 Å². The molecule has 2 heterocycles. The van der Waals surface area contributed by atoms with Gasteiger partial charge < -0.3 is 20.1 Å². The highest BCUT2D eigenvalue weighted by atomic mass is 16.5. The van der Waals surface area contributed by atoms with Gasteiger partial charge in [-0.2, -0.15) is 0 Å². The van der Waals surface area contributed by atoms with Gasteiger partial charge in [0.1, 0.15) is 6.10 Å². The van der Waals surface area contributed by atoms with Gasteiger partial charge >= 0.3 is 0 Å². The molecule has 1 aliphatic carbocycles. The molecule has 1 saturated heterocycles. The van der Waals surface area contributed by atoms with Gasteiger partial charge in [0.05, 0.1) is 13.2 Å². The highest BCUT2D eigenvalue weighted by molar-refractivity contribution is 5.79. The van der Waals surface area contributed by atoms with Gasteiger partial charge in [0.25, 0.3) is 0 Å². The van der Waals surface area contributed by atoms with Crippen molar-refractivity contribution < 1.29 is 9.47 Å². The van der Waals surface area contributed by atoms with E-state index < -0.39 is 0 Å². The Morgan fingerprint density at radius 3 is 2.62 bits per heavy atom. The molecule has 2 aliphatic rings. The number of guanidine groups is 1. The van der Waals surface area contributed by atoms with Gasteiger partial charge in [0.15, 0.2) is 5.96 Å². The number of morpholine rings is 1. The van der Waals surface area contributed by atoms with Gasteiger partial charge in [-0.15, -0.1) is 0 Å². The molecular formula is C25H35N5O2. The van der Waals surface area contributed by atoms with Crippen LogP contribution in [0.4, 0.5) is 0 Å². The van der Waals surface area contributed by atoms with Crippen LogP contribution in [0.1, 0.15) is 42.4 Å². The van der Waals surface area contributed by atoms with Gasteiger partial charge in [0.2, 0.25) is 5.88 Å². The quantitative estimate of drug-likeness (QED) is 0.489. The summed E-state index contributed by atoms with van der Waals surface area (Å²) in [6.45, 7) is 5.96. The van der Waals surface area contributed by atoms with Crippen LogP contribution in [0.2, 0.25) is 0 Å². The van der Waals surface area contributed by atoms with Crippen LogP contribution in [0.15, 0.2) is 47.6 Å². The Labute approximate surface area is 191 Å². The maximum atomic E-state index is 6.03. The van der Waals surface area contributed by atoms with Crippen LogP contribution >= 0.6 is 0 Å². The number of pyridine rings is 1. The molecule has 0 amide bonds. The normalized spacial score (nSPS) is 18.0. The molecule has 2 N–H and O–H groups in total. The summed E-state index contributed by atoms with van der Waals surface area (Å²) in [5, 5.41) is 6.86. The first-order valence-electron chi connectivity index (χ1n) is 11.7. The van der Waals surface area contributed by atoms with Crippen LogP contribution in [-0.2, 0) is 24.4 Å². The lowest BCUT2D eigenvalue weighted by Gasteiger charge is -2.27. The van der Waals surface area contributed by atoms with Gasteiger partial charge in [0, 0.05) is 52.0 Å². The molecule has 7 heteroatoms. The third-order valence-electron chi connectivity index (χ3n) is 6.13. The molecule has 1 aromatic carbocycles. The van der Waals surface area contributed by atoms with E-state index in [0.29, 0.717) is 12.6 Å². The van der Waals surface area contributed by atoms with Crippen molar-refractivity contribution in [2.24, 2.45) is 4.99 Å². The minimum absolute atomic E-state index is 0.317. The molecule has 4 rings (SSSR count). The summed E-state index contributed by atoms with van der Waals surface area (Å²) in [6.07, 6.45) is 6.91. The number of ether oxygens (including phenoxy) is 2. The third-order valence-corrected chi connectivity index (χ3v) is 6.13. The number of aromatic nitrogens is 1. The maximum absolute atomic E-state index is 6.03. The van der Waals surface area contributed by atoms with E-state index in [4.69, 9.17) is 9.47 Å². The molecule has 7 nitrogen and oxygen atoms in total. The van der Waals surface area contributed by atoms with Crippen molar-refractivity contribution in [3.05, 3.63) is 59.3 Å². The van der Waals surface area contributed by atoms with E-state index in [-0.39, 0.29) is 0 Å². The number of hydrogen-bond acceptors (Lipinski definition) is 5. The number of aliphatic imine (C=N–C) groups is 1. The van der Waals surface area contributed by atoms with Crippen molar-refractivity contribution in [1.82, 2.24) is 20.5 Å². The monoisotopic (exact) mass is 437 g/mol. The number of nitrogens with zero attached hydrogens (tertiary/aromatic N) is 3. The molecule has 2 aromatic rings. The molecule has 32 heavy (non-hydrogen) atoms. The van der Waals surface area contributed by atoms with Crippen molar-refractivity contribution in [2.45, 2.75) is 51.4 Å². The van der Waals surface area contributed by atoms with Gasteiger partial charge in [-0.1, -0.05) is 24.3 Å². The predicted octanol–water partition coefficient (Wildman–Crippen LogP) is 3.10. The fourth-order valence-corrected chi connectivity index (χ4v) is 4.27. The smallest absolute Gasteiger partial charge is 0.213 e. The Kier molecular flexibility index (Phi) is 8.34. The van der Waals surface area contributed by atoms with E-state index >= 15 is 0 Å². The minimum atomic E-state index is 0.317. The average molecular weight is 438 g/mol. The predicted molar refractivity (Wildman–Crippen MR) is 127 cm³/mol. The summed E-state index contributed by atoms with van der Waals surface area (Å²) >= 11 is 0. The molecule has 0 bridgehead atoms. The third kappa shape index (κ3) is 6.68. The first kappa shape index (κ1) is 22.6. The Balaban J connectivity index is 1.28. The summed E-state index contributed by atoms with van der Waals surface area (Å²) in [4.78, 5) is 11.2. The van der Waals surface area contributed by atoms with Crippen LogP contribution in [-0.4, -0.2) is 55.3 Å². The highest BCUT2D eigenvalue weighted by Crippen LogP contribution is 2.23. The minimum Gasteiger partial charge on any atom is -0.474 e. The molecule has 0 spiro atoms. The molecule has 0 unspecified atom stereocenters. The highest BCUT2D eigenvalue weighted by Gasteiger charge is 2.17. The molecular weight excluding hydrogens is 402 g/mol. The summed E-state index contributed by atoms with van der Waals surface area (Å²) in [5.74, 6) is 1.50. The molecule has 0 atom stereocenters. The van der Waals surface area contributed by atoms with E-state index in [1.165, 1.54) is 24.0 Å². The first-order valence-corrected chi connectivity index (χ1v) is 11.7. The molecule has 172 valence electrons. The maximum Gasteiger partial charge on any atom is 0.213 e. The number of nitrogens with one attached hydrogen (secondary N) is 2. The second kappa shape index (κ2) is 11.8. The van der Waals surface area contributed by atoms with E-state index in [9.17, 15) is 0 Å². The first-order chi connectivity index (χ1) is 15.8. The molecule has 1 saturated carbocycles. The van der Waals surface area contributed by atoms with E-state index in [1.807, 2.05) is 18.3 Å². The standard InChI is InChI=1S/C25H35N5O2/c1-26-25(28-17-20-10-11-27-24(16-20)32-23-8-4-5-9-23)29-18-21-6-2-3-7-22(21)19-30-12-14-31-15-13-30/h2-3,6-7,10-11,16,23H,4-5,8-9,12-15,17-19H2,1H3,(H2,26,28,29). The summed E-state index contributed by atoms with van der Waals surface area (Å²) in [7, 11) is 1.80. The zero-order chi connectivity index (χ0) is 22.0. The zero-order valence-electron chi connectivity index (χ0n) is 19.1. The topological polar surface area (TPSA) is 71.0 Å². The largest absolute Gasteiger partial charge is 0.474 e. The average Bonchev–Trinajstić information content (AvgIpc) is 3.34. The molecule has 0 radical (unpaired) electrons. The Morgan fingerprint density at radius 2 is 1.84 bits per heavy atom. The number of benzene rings is 1. The fraction of sp³-hybridized carbons (Fsp3) is 0.520. The summed E-state index contributed by atoms with van der Waals surface area (Å²) < 4.78 is 11.5. The van der Waals surface area contributed by atoms with Crippen molar-refractivity contribution in [3.8, 4) is 5.88 Å². The second-order valence-corrected chi connectivity index (χ2v) is 8.46. The van der Waals surface area contributed by atoms with Crippen molar-refractivity contribution in [2.75, 3.05) is 33.4 Å². The lowest BCUT2D eigenvalue weighted by molar-refractivity contribution is 0.0341. The number of hydrogen-bond donors (Lipinski definition) is 2.